The van der Waals surface area contributed by atoms with Crippen LogP contribution in [0.5, 0.6) is 0 Å². The van der Waals surface area contributed by atoms with Gasteiger partial charge in [-0.15, -0.1) is 0 Å². The highest BCUT2D eigenvalue weighted by molar-refractivity contribution is 6.43. The highest BCUT2D eigenvalue weighted by Crippen LogP contribution is 2.14. The van der Waals surface area contributed by atoms with Gasteiger partial charge in [-0.2, -0.15) is 5.10 Å². The summed E-state index contributed by atoms with van der Waals surface area (Å²) in [5, 5.41) is 6.60. The Hall–Kier alpha value is -2.17. The molecule has 0 radical (unpaired) electrons. The zero-order chi connectivity index (χ0) is 14.5. The summed E-state index contributed by atoms with van der Waals surface area (Å²) in [6.07, 6.45) is 1.66. The molecule has 5 heteroatoms. The Morgan fingerprint density at radius 3 is 2.85 bits per heavy atom. The highest BCUT2D eigenvalue weighted by atomic mass is 16.2. The number of rotatable bonds is 4. The molecule has 2 rings (SSSR count). The standard InChI is InChI=1S/C15H19N3O2/c1-10(2)8-11-4-3-5-12(9-11)16-15(20)13-6-7-14(19)18-17-13/h3-5,9-10H,6-8H2,1-2H3,(H,16,20)(H,18,19). The van der Waals surface area contributed by atoms with Crippen LogP contribution in [0, 0.1) is 5.92 Å². The molecule has 0 saturated carbocycles. The van der Waals surface area contributed by atoms with Crippen molar-refractivity contribution in [1.82, 2.24) is 5.43 Å². The monoisotopic (exact) mass is 273 g/mol. The predicted octanol–water partition coefficient (Wildman–Crippen LogP) is 2.09. The number of hydrogen-bond acceptors (Lipinski definition) is 3. The van der Waals surface area contributed by atoms with Crippen LogP contribution < -0.4 is 10.7 Å². The molecule has 1 aromatic rings. The highest BCUT2D eigenvalue weighted by Gasteiger charge is 2.18. The number of hydrogen-bond donors (Lipinski definition) is 2. The van der Waals surface area contributed by atoms with E-state index in [0.717, 1.165) is 12.1 Å². The van der Waals surface area contributed by atoms with Crippen molar-refractivity contribution in [3.63, 3.8) is 0 Å². The Morgan fingerprint density at radius 1 is 1.40 bits per heavy atom. The third-order valence-corrected chi connectivity index (χ3v) is 3.00. The molecule has 106 valence electrons. The third-order valence-electron chi connectivity index (χ3n) is 3.00. The van der Waals surface area contributed by atoms with E-state index in [9.17, 15) is 9.59 Å². The van der Waals surface area contributed by atoms with Crippen LogP contribution in [-0.2, 0) is 16.0 Å². The Balaban J connectivity index is 2.02. The SMILES string of the molecule is CC(C)Cc1cccc(NC(=O)C2=NNC(=O)CC2)c1. The van der Waals surface area contributed by atoms with Gasteiger partial charge in [-0.1, -0.05) is 26.0 Å². The Labute approximate surface area is 118 Å². The summed E-state index contributed by atoms with van der Waals surface area (Å²) in [6.45, 7) is 4.31. The van der Waals surface area contributed by atoms with E-state index in [0.29, 0.717) is 24.5 Å². The van der Waals surface area contributed by atoms with Gasteiger partial charge in [0.25, 0.3) is 5.91 Å². The first kappa shape index (κ1) is 14.2. The van der Waals surface area contributed by atoms with Crippen LogP contribution in [0.3, 0.4) is 0 Å². The summed E-state index contributed by atoms with van der Waals surface area (Å²) >= 11 is 0. The minimum Gasteiger partial charge on any atom is -0.321 e. The first-order valence-corrected chi connectivity index (χ1v) is 6.80. The van der Waals surface area contributed by atoms with Crippen LogP contribution in [0.2, 0.25) is 0 Å². The van der Waals surface area contributed by atoms with Gasteiger partial charge in [-0.25, -0.2) is 5.43 Å². The van der Waals surface area contributed by atoms with Gasteiger partial charge in [0.1, 0.15) is 5.71 Å². The van der Waals surface area contributed by atoms with Crippen LogP contribution in [0.1, 0.15) is 32.3 Å². The lowest BCUT2D eigenvalue weighted by Crippen LogP contribution is -2.32. The van der Waals surface area contributed by atoms with Gasteiger partial charge in [0.15, 0.2) is 0 Å². The molecule has 2 amide bonds. The van der Waals surface area contributed by atoms with Gasteiger partial charge in [-0.05, 0) is 30.0 Å². The van der Waals surface area contributed by atoms with Crippen LogP contribution in [0.4, 0.5) is 5.69 Å². The lowest BCUT2D eigenvalue weighted by molar-refractivity contribution is -0.121. The van der Waals surface area contributed by atoms with Crippen molar-refractivity contribution >= 4 is 23.2 Å². The van der Waals surface area contributed by atoms with E-state index in [1.165, 1.54) is 5.56 Å². The van der Waals surface area contributed by atoms with E-state index >= 15 is 0 Å². The van der Waals surface area contributed by atoms with Crippen molar-refractivity contribution in [2.75, 3.05) is 5.32 Å². The number of anilines is 1. The normalized spacial score (nSPS) is 14.8. The second-order valence-corrected chi connectivity index (χ2v) is 5.35. The van der Waals surface area contributed by atoms with Gasteiger partial charge in [0, 0.05) is 18.5 Å². The molecule has 2 N–H and O–H groups in total. The van der Waals surface area contributed by atoms with Crippen LogP contribution in [-0.4, -0.2) is 17.5 Å². The molecule has 0 spiro atoms. The maximum atomic E-state index is 12.0. The van der Waals surface area contributed by atoms with Gasteiger partial charge in [-0.3, -0.25) is 9.59 Å². The van der Waals surface area contributed by atoms with E-state index in [1.807, 2.05) is 24.3 Å². The van der Waals surface area contributed by atoms with Gasteiger partial charge in [0.2, 0.25) is 5.91 Å². The molecule has 1 aromatic carbocycles. The van der Waals surface area contributed by atoms with Crippen molar-refractivity contribution in [2.45, 2.75) is 33.1 Å². The maximum Gasteiger partial charge on any atom is 0.271 e. The minimum atomic E-state index is -0.258. The number of carbonyl (C=O) groups is 2. The second kappa shape index (κ2) is 6.32. The molecule has 0 aliphatic carbocycles. The van der Waals surface area contributed by atoms with Crippen LogP contribution in [0.15, 0.2) is 29.4 Å². The summed E-state index contributed by atoms with van der Waals surface area (Å²) < 4.78 is 0. The predicted molar refractivity (Wildman–Crippen MR) is 78.4 cm³/mol. The molecule has 0 unspecified atom stereocenters. The summed E-state index contributed by atoms with van der Waals surface area (Å²) in [5.41, 5.74) is 4.63. The molecular weight excluding hydrogens is 254 g/mol. The molecule has 0 aromatic heterocycles. The fourth-order valence-electron chi connectivity index (χ4n) is 2.09. The van der Waals surface area contributed by atoms with Gasteiger partial charge < -0.3 is 5.32 Å². The Kier molecular flexibility index (Phi) is 4.50. The van der Waals surface area contributed by atoms with Crippen molar-refractivity contribution in [2.24, 2.45) is 11.0 Å². The number of benzene rings is 1. The number of carbonyl (C=O) groups excluding carboxylic acids is 2. The van der Waals surface area contributed by atoms with E-state index in [1.54, 1.807) is 0 Å². The first-order chi connectivity index (χ1) is 9.54. The largest absolute Gasteiger partial charge is 0.321 e. The Morgan fingerprint density at radius 2 is 2.20 bits per heavy atom. The van der Waals surface area contributed by atoms with E-state index < -0.39 is 0 Å². The van der Waals surface area contributed by atoms with Crippen LogP contribution in [0.25, 0.3) is 0 Å². The average Bonchev–Trinajstić information content (AvgIpc) is 2.39. The zero-order valence-corrected chi connectivity index (χ0v) is 11.8. The van der Waals surface area contributed by atoms with Gasteiger partial charge >= 0.3 is 0 Å². The quantitative estimate of drug-likeness (QED) is 0.881. The molecule has 0 atom stereocenters. The molecule has 20 heavy (non-hydrogen) atoms. The smallest absolute Gasteiger partial charge is 0.271 e. The zero-order valence-electron chi connectivity index (χ0n) is 11.8. The summed E-state index contributed by atoms with van der Waals surface area (Å²) in [5.74, 6) is 0.158. The summed E-state index contributed by atoms with van der Waals surface area (Å²) in [7, 11) is 0. The number of amides is 2. The molecule has 1 aliphatic heterocycles. The molecule has 1 aliphatic rings. The van der Waals surface area contributed by atoms with Crippen molar-refractivity contribution in [1.29, 1.82) is 0 Å². The topological polar surface area (TPSA) is 70.6 Å². The third kappa shape index (κ3) is 3.91. The molecule has 1 heterocycles. The van der Waals surface area contributed by atoms with Crippen molar-refractivity contribution in [3.05, 3.63) is 29.8 Å². The molecule has 0 fully saturated rings. The fourth-order valence-corrected chi connectivity index (χ4v) is 2.09. The van der Waals surface area contributed by atoms with E-state index in [-0.39, 0.29) is 11.8 Å². The minimum absolute atomic E-state index is 0.152. The lowest BCUT2D eigenvalue weighted by Gasteiger charge is -2.13. The first-order valence-electron chi connectivity index (χ1n) is 6.80. The van der Waals surface area contributed by atoms with E-state index in [2.05, 4.69) is 29.7 Å². The molecule has 0 saturated heterocycles. The summed E-state index contributed by atoms with van der Waals surface area (Å²) in [4.78, 5) is 23.0. The van der Waals surface area contributed by atoms with Gasteiger partial charge in [0.05, 0.1) is 0 Å². The Bertz CT molecular complexity index is 550. The van der Waals surface area contributed by atoms with E-state index in [4.69, 9.17) is 0 Å². The number of nitrogens with one attached hydrogen (secondary N) is 2. The maximum absolute atomic E-state index is 12.0. The number of hydrazone groups is 1. The fraction of sp³-hybridized carbons (Fsp3) is 0.400. The van der Waals surface area contributed by atoms with Crippen LogP contribution >= 0.6 is 0 Å². The van der Waals surface area contributed by atoms with Crippen molar-refractivity contribution < 1.29 is 9.59 Å². The van der Waals surface area contributed by atoms with Crippen molar-refractivity contribution in [3.8, 4) is 0 Å². The molecule has 0 bridgehead atoms. The second-order valence-electron chi connectivity index (χ2n) is 5.35. The average molecular weight is 273 g/mol. The lowest BCUT2D eigenvalue weighted by atomic mass is 10.0. The molecular formula is C15H19N3O2. The number of nitrogens with zero attached hydrogens (tertiary/aromatic N) is 1. The summed E-state index contributed by atoms with van der Waals surface area (Å²) in [6, 6.07) is 7.80. The molecule has 5 nitrogen and oxygen atoms in total.